The highest BCUT2D eigenvalue weighted by Crippen LogP contribution is 2.25. The van der Waals surface area contributed by atoms with Gasteiger partial charge in [-0.25, -0.2) is 19.6 Å². The van der Waals surface area contributed by atoms with E-state index in [2.05, 4.69) is 63.1 Å². The number of hydrogen-bond acceptors (Lipinski definition) is 9. The van der Waals surface area contributed by atoms with Crippen LogP contribution in [0, 0.1) is 6.92 Å². The van der Waals surface area contributed by atoms with Crippen molar-refractivity contribution >= 4 is 29.0 Å². The summed E-state index contributed by atoms with van der Waals surface area (Å²) in [6.45, 7) is 7.69. The van der Waals surface area contributed by atoms with E-state index in [1.807, 2.05) is 66.5 Å². The summed E-state index contributed by atoms with van der Waals surface area (Å²) in [7, 11) is 7.15. The van der Waals surface area contributed by atoms with Crippen molar-refractivity contribution in [2.45, 2.75) is 57.8 Å². The molecule has 2 fully saturated rings. The molecule has 4 heterocycles. The first-order chi connectivity index (χ1) is 30.1. The van der Waals surface area contributed by atoms with E-state index in [1.165, 1.54) is 21.3 Å². The largest absolute Gasteiger partial charge is 0.508 e. The number of imidazole rings is 2. The predicted octanol–water partition coefficient (Wildman–Crippen LogP) is 8.84. The molecule has 0 spiro atoms. The Morgan fingerprint density at radius 3 is 1.43 bits per heavy atom. The minimum atomic E-state index is -0.0798. The van der Waals surface area contributed by atoms with Crippen LogP contribution in [0.25, 0.3) is 22.5 Å². The molecular weight excluding hydrogens is 860 g/mol. The van der Waals surface area contributed by atoms with Gasteiger partial charge in [-0.2, -0.15) is 0 Å². The molecule has 0 unspecified atom stereocenters. The lowest BCUT2D eigenvalue weighted by molar-refractivity contribution is 0.131. The minimum absolute atomic E-state index is 0. The summed E-state index contributed by atoms with van der Waals surface area (Å²) in [5, 5.41) is 9.44. The highest BCUT2D eigenvalue weighted by molar-refractivity contribution is 8.93. The quantitative estimate of drug-likeness (QED) is 0.144. The van der Waals surface area contributed by atoms with E-state index >= 15 is 0 Å². The van der Waals surface area contributed by atoms with Crippen molar-refractivity contribution in [1.82, 2.24) is 38.7 Å². The van der Waals surface area contributed by atoms with Gasteiger partial charge >= 0.3 is 12.1 Å². The standard InChI is InChI=1S/C25H30N4O2.C24H28N4O3.BrH/c1-19-7-9-21(10-8-19)24-17-29(18-26-24)25(30)27(2)22-11-13-28(14-12-22)16-20-5-4-6-23(15-20)31-3;1-26(24(30)28-16-23(25-17-28)19-6-8-21(29)9-7-19)20-10-12-27(13-11-20)15-18-4-3-5-22(14-18)31-2;/h4-10,15,17-18,22H,11-14,16H2,1-3H3;3-9,14,16-17,20,29H,10-13,15H2,1-2H3;1H. The van der Waals surface area contributed by atoms with E-state index in [0.29, 0.717) is 5.69 Å². The summed E-state index contributed by atoms with van der Waals surface area (Å²) < 4.78 is 13.8. The Morgan fingerprint density at radius 2 is 1.03 bits per heavy atom. The molecule has 1 N–H and O–H groups in total. The summed E-state index contributed by atoms with van der Waals surface area (Å²) >= 11 is 0. The van der Waals surface area contributed by atoms with E-state index in [1.54, 1.807) is 61.9 Å². The van der Waals surface area contributed by atoms with Crippen LogP contribution in [0.4, 0.5) is 9.59 Å². The van der Waals surface area contributed by atoms with Gasteiger partial charge in [0.2, 0.25) is 0 Å². The highest BCUT2D eigenvalue weighted by atomic mass is 79.9. The molecule has 2 amide bonds. The zero-order valence-electron chi connectivity index (χ0n) is 36.8. The Hall–Kier alpha value is -5.96. The molecule has 332 valence electrons. The van der Waals surface area contributed by atoms with Crippen LogP contribution in [0.1, 0.15) is 42.4 Å². The fourth-order valence-corrected chi connectivity index (χ4v) is 8.17. The number of rotatable bonds is 10. The average molecular weight is 920 g/mol. The molecule has 2 aromatic heterocycles. The van der Waals surface area contributed by atoms with Crippen LogP contribution in [0.5, 0.6) is 17.2 Å². The number of methoxy groups -OCH3 is 2. The molecule has 2 saturated heterocycles. The lowest BCUT2D eigenvalue weighted by Crippen LogP contribution is -2.46. The minimum Gasteiger partial charge on any atom is -0.508 e. The molecule has 2 aliphatic heterocycles. The van der Waals surface area contributed by atoms with E-state index in [4.69, 9.17) is 9.47 Å². The first-order valence-electron chi connectivity index (χ1n) is 21.3. The Bertz CT molecular complexity index is 2220. The zero-order chi connectivity index (χ0) is 43.6. The van der Waals surface area contributed by atoms with Crippen molar-refractivity contribution in [2.75, 3.05) is 54.5 Å². The van der Waals surface area contributed by atoms with Crippen LogP contribution in [-0.2, 0) is 13.1 Å². The normalized spacial score (nSPS) is 14.8. The second kappa shape index (κ2) is 21.9. The van der Waals surface area contributed by atoms with Gasteiger partial charge in [-0.15, -0.1) is 17.0 Å². The molecule has 2 aliphatic rings. The number of hydrogen-bond donors (Lipinski definition) is 1. The molecule has 13 nitrogen and oxygen atoms in total. The van der Waals surface area contributed by atoms with Gasteiger partial charge in [0.1, 0.15) is 29.9 Å². The summed E-state index contributed by atoms with van der Waals surface area (Å²) in [6.07, 6.45) is 10.5. The van der Waals surface area contributed by atoms with Gasteiger partial charge in [0.25, 0.3) is 0 Å². The highest BCUT2D eigenvalue weighted by Gasteiger charge is 2.28. The van der Waals surface area contributed by atoms with Gasteiger partial charge in [-0.3, -0.25) is 18.9 Å². The summed E-state index contributed by atoms with van der Waals surface area (Å²) in [4.78, 5) is 43.3. The smallest absolute Gasteiger partial charge is 0.329 e. The number of amides is 2. The van der Waals surface area contributed by atoms with Crippen molar-refractivity contribution in [2.24, 2.45) is 0 Å². The molecule has 6 aromatic rings. The maximum atomic E-state index is 13.0. The Labute approximate surface area is 381 Å². The fourth-order valence-electron chi connectivity index (χ4n) is 8.17. The molecule has 0 atom stereocenters. The molecule has 0 bridgehead atoms. The zero-order valence-corrected chi connectivity index (χ0v) is 38.6. The van der Waals surface area contributed by atoms with Crippen LogP contribution >= 0.6 is 17.0 Å². The number of aromatic hydroxyl groups is 1. The van der Waals surface area contributed by atoms with Crippen molar-refractivity contribution in [3.8, 4) is 39.8 Å². The van der Waals surface area contributed by atoms with Crippen molar-refractivity contribution < 1.29 is 24.2 Å². The SMILES string of the molecule is Br.COc1cccc(CN2CCC(N(C)C(=O)n3cnc(-c4ccc(C)cc4)c3)CC2)c1.COc1cccc(CN2CCC(N(C)C(=O)n3cnc(-c4ccc(O)cc4)c3)CC2)c1. The van der Waals surface area contributed by atoms with Gasteiger partial charge in [-0.05, 0) is 92.3 Å². The monoisotopic (exact) mass is 918 g/mol. The number of phenols is 1. The number of ether oxygens (including phenoxy) is 2. The molecule has 14 heteroatoms. The van der Waals surface area contributed by atoms with E-state index in [0.717, 1.165) is 93.3 Å². The number of aromatic nitrogens is 4. The van der Waals surface area contributed by atoms with Crippen molar-refractivity contribution in [1.29, 1.82) is 0 Å². The van der Waals surface area contributed by atoms with Crippen LogP contribution in [-0.4, -0.2) is 122 Å². The van der Waals surface area contributed by atoms with E-state index in [-0.39, 0.29) is 46.9 Å². The predicted molar refractivity (Wildman–Crippen MR) is 252 cm³/mol. The van der Waals surface area contributed by atoms with Gasteiger partial charge in [0.15, 0.2) is 0 Å². The Morgan fingerprint density at radius 1 is 0.635 bits per heavy atom. The molecule has 4 aromatic carbocycles. The third-order valence-electron chi connectivity index (χ3n) is 12.0. The molecule has 0 aliphatic carbocycles. The molecule has 0 radical (unpaired) electrons. The molecule has 8 rings (SSSR count). The van der Waals surface area contributed by atoms with Gasteiger partial charge in [0, 0.05) is 89.0 Å². The third-order valence-corrected chi connectivity index (χ3v) is 12.0. The second-order valence-electron chi connectivity index (χ2n) is 16.2. The van der Waals surface area contributed by atoms with Gasteiger partial charge < -0.3 is 24.4 Å². The lowest BCUT2D eigenvalue weighted by atomic mass is 10.0. The number of carbonyl (C=O) groups is 2. The van der Waals surface area contributed by atoms with Crippen molar-refractivity contribution in [3.05, 3.63) is 139 Å². The topological polar surface area (TPSA) is 121 Å². The van der Waals surface area contributed by atoms with Crippen molar-refractivity contribution in [3.63, 3.8) is 0 Å². The molecular formula is C49H59BrN8O5. The van der Waals surface area contributed by atoms with Crippen LogP contribution in [0.15, 0.2) is 122 Å². The first kappa shape index (κ1) is 46.5. The number of halogens is 1. The third kappa shape index (κ3) is 12.2. The average Bonchev–Trinajstić information content (AvgIpc) is 4.01. The number of likely N-dealkylation sites (tertiary alicyclic amines) is 2. The first-order valence-corrected chi connectivity index (χ1v) is 21.3. The summed E-state index contributed by atoms with van der Waals surface area (Å²) in [5.74, 6) is 1.98. The number of piperidine rings is 2. The van der Waals surface area contributed by atoms with Crippen LogP contribution in [0.2, 0.25) is 0 Å². The van der Waals surface area contributed by atoms with Gasteiger partial charge in [-0.1, -0.05) is 54.1 Å². The maximum Gasteiger partial charge on any atom is 0.329 e. The number of aryl methyl sites for hydroxylation is 1. The second-order valence-corrected chi connectivity index (χ2v) is 16.2. The van der Waals surface area contributed by atoms with E-state index in [9.17, 15) is 14.7 Å². The number of benzene rings is 4. The molecule has 63 heavy (non-hydrogen) atoms. The fraction of sp³-hybridized carbons (Fsp3) is 0.347. The number of nitrogens with zero attached hydrogens (tertiary/aromatic N) is 8. The maximum absolute atomic E-state index is 13.0. The van der Waals surface area contributed by atoms with E-state index < -0.39 is 0 Å². The summed E-state index contributed by atoms with van der Waals surface area (Å²) in [6, 6.07) is 31.7. The summed E-state index contributed by atoms with van der Waals surface area (Å²) in [5.41, 5.74) is 7.09. The number of phenolic OH excluding ortho intramolecular Hbond substituents is 1. The Kier molecular flexibility index (Phi) is 16.2. The molecule has 0 saturated carbocycles. The Balaban J connectivity index is 0.000000206. The van der Waals surface area contributed by atoms with Gasteiger partial charge in [0.05, 0.1) is 25.6 Å². The number of carbonyl (C=O) groups excluding carboxylic acids is 2. The van der Waals surface area contributed by atoms with Crippen LogP contribution in [0.3, 0.4) is 0 Å². The lowest BCUT2D eigenvalue weighted by Gasteiger charge is -2.36. The van der Waals surface area contributed by atoms with Crippen LogP contribution < -0.4 is 9.47 Å².